The van der Waals surface area contributed by atoms with E-state index in [0.717, 1.165) is 17.7 Å². The van der Waals surface area contributed by atoms with Crippen LogP contribution in [0.3, 0.4) is 0 Å². The summed E-state index contributed by atoms with van der Waals surface area (Å²) < 4.78 is 37.7. The summed E-state index contributed by atoms with van der Waals surface area (Å²) in [6.45, 7) is 0. The van der Waals surface area contributed by atoms with Gasteiger partial charge < -0.3 is 0 Å². The van der Waals surface area contributed by atoms with Gasteiger partial charge in [0.15, 0.2) is 0 Å². The predicted octanol–water partition coefficient (Wildman–Crippen LogP) is 4.80. The number of hydrogen-bond acceptors (Lipinski definition) is 2. The van der Waals surface area contributed by atoms with Gasteiger partial charge >= 0.3 is 6.18 Å². The number of halogens is 4. The number of hydrogen-bond donors (Lipinski definition) is 1. The molecule has 2 aromatic carbocycles. The van der Waals surface area contributed by atoms with Gasteiger partial charge in [-0.2, -0.15) is 18.3 Å². The van der Waals surface area contributed by atoms with Crippen LogP contribution in [0.5, 0.6) is 0 Å². The maximum Gasteiger partial charge on any atom is 0.416 e. The average molecular weight is 299 g/mol. The van der Waals surface area contributed by atoms with Gasteiger partial charge in [-0.05, 0) is 23.8 Å². The van der Waals surface area contributed by atoms with Gasteiger partial charge in [-0.3, -0.25) is 5.43 Å². The van der Waals surface area contributed by atoms with Crippen molar-refractivity contribution < 1.29 is 13.2 Å². The van der Waals surface area contributed by atoms with Crippen LogP contribution in [0.15, 0.2) is 53.6 Å². The second kappa shape index (κ2) is 5.96. The highest BCUT2D eigenvalue weighted by atomic mass is 35.5. The molecule has 104 valence electrons. The van der Waals surface area contributed by atoms with Crippen molar-refractivity contribution in [2.45, 2.75) is 6.18 Å². The highest BCUT2D eigenvalue weighted by molar-refractivity contribution is 6.33. The van der Waals surface area contributed by atoms with E-state index in [9.17, 15) is 13.2 Å². The summed E-state index contributed by atoms with van der Waals surface area (Å²) in [5, 5.41) is 4.04. The number of alkyl halides is 3. The minimum Gasteiger partial charge on any atom is -0.277 e. The van der Waals surface area contributed by atoms with Crippen molar-refractivity contribution in [3.05, 3.63) is 64.7 Å². The Labute approximate surface area is 118 Å². The summed E-state index contributed by atoms with van der Waals surface area (Å²) in [5.74, 6) is 0. The molecule has 0 atom stereocenters. The molecule has 0 aromatic heterocycles. The molecule has 0 radical (unpaired) electrons. The molecule has 0 aliphatic carbocycles. The molecule has 0 saturated heterocycles. The first kappa shape index (κ1) is 14.4. The quantitative estimate of drug-likeness (QED) is 0.638. The van der Waals surface area contributed by atoms with Gasteiger partial charge in [0.05, 0.1) is 22.5 Å². The first-order valence-electron chi connectivity index (χ1n) is 5.68. The second-order valence-corrected chi connectivity index (χ2v) is 4.38. The van der Waals surface area contributed by atoms with Crippen LogP contribution in [0.2, 0.25) is 5.02 Å². The number of hydrazone groups is 1. The van der Waals surface area contributed by atoms with Gasteiger partial charge in [0.1, 0.15) is 0 Å². The monoisotopic (exact) mass is 298 g/mol. The third-order valence-electron chi connectivity index (χ3n) is 2.49. The minimum absolute atomic E-state index is 0.105. The third kappa shape index (κ3) is 3.74. The number of nitrogens with zero attached hydrogens (tertiary/aromatic N) is 1. The van der Waals surface area contributed by atoms with Gasteiger partial charge in [0, 0.05) is 0 Å². The Hall–Kier alpha value is -2.01. The molecule has 6 heteroatoms. The van der Waals surface area contributed by atoms with Crippen LogP contribution in [0.4, 0.5) is 18.9 Å². The Balaban J connectivity index is 2.15. The number of anilines is 1. The van der Waals surface area contributed by atoms with Gasteiger partial charge in [0.2, 0.25) is 0 Å². The van der Waals surface area contributed by atoms with E-state index in [4.69, 9.17) is 11.6 Å². The van der Waals surface area contributed by atoms with Crippen LogP contribution in [0, 0.1) is 0 Å². The van der Waals surface area contributed by atoms with Crippen molar-refractivity contribution >= 4 is 23.5 Å². The smallest absolute Gasteiger partial charge is 0.277 e. The summed E-state index contributed by atoms with van der Waals surface area (Å²) in [6, 6.07) is 12.2. The normalized spacial score (nSPS) is 11.8. The molecule has 0 bridgehead atoms. The van der Waals surface area contributed by atoms with Crippen molar-refractivity contribution in [2.24, 2.45) is 5.10 Å². The van der Waals surface area contributed by atoms with Crippen molar-refractivity contribution in [3.8, 4) is 0 Å². The van der Waals surface area contributed by atoms with Gasteiger partial charge in [0.25, 0.3) is 0 Å². The molecule has 0 spiro atoms. The molecule has 0 unspecified atom stereocenters. The standard InChI is InChI=1S/C14H10ClF3N2/c15-12-7-6-11(14(16,17)18)8-13(12)20-19-9-10-4-2-1-3-5-10/h1-9,20H. The van der Waals surface area contributed by atoms with E-state index in [1.54, 1.807) is 0 Å². The van der Waals surface area contributed by atoms with Crippen molar-refractivity contribution in [3.63, 3.8) is 0 Å². The van der Waals surface area contributed by atoms with E-state index in [0.29, 0.717) is 0 Å². The summed E-state index contributed by atoms with van der Waals surface area (Å²) in [5.41, 5.74) is 2.66. The summed E-state index contributed by atoms with van der Waals surface area (Å²) in [7, 11) is 0. The Bertz CT molecular complexity index is 610. The zero-order valence-corrected chi connectivity index (χ0v) is 10.9. The lowest BCUT2D eigenvalue weighted by molar-refractivity contribution is -0.137. The van der Waals surface area contributed by atoms with Gasteiger partial charge in [-0.1, -0.05) is 41.9 Å². The summed E-state index contributed by atoms with van der Waals surface area (Å²) >= 11 is 5.82. The first-order valence-corrected chi connectivity index (χ1v) is 6.05. The van der Waals surface area contributed by atoms with E-state index >= 15 is 0 Å². The highest BCUT2D eigenvalue weighted by Gasteiger charge is 2.30. The second-order valence-electron chi connectivity index (χ2n) is 3.97. The fourth-order valence-corrected chi connectivity index (χ4v) is 1.66. The number of nitrogens with one attached hydrogen (secondary N) is 1. The van der Waals surface area contributed by atoms with E-state index in [2.05, 4.69) is 10.5 Å². The first-order chi connectivity index (χ1) is 9.47. The molecule has 0 fully saturated rings. The molecule has 2 rings (SSSR count). The number of rotatable bonds is 3. The Morgan fingerprint density at radius 3 is 2.40 bits per heavy atom. The number of benzene rings is 2. The third-order valence-corrected chi connectivity index (χ3v) is 2.82. The predicted molar refractivity (Wildman–Crippen MR) is 74.1 cm³/mol. The average Bonchev–Trinajstić information content (AvgIpc) is 2.41. The van der Waals surface area contributed by atoms with Crippen molar-refractivity contribution in [1.29, 1.82) is 0 Å². The van der Waals surface area contributed by atoms with E-state index < -0.39 is 11.7 Å². The molecule has 1 N–H and O–H groups in total. The molecule has 0 aliphatic rings. The van der Waals surface area contributed by atoms with Gasteiger partial charge in [-0.15, -0.1) is 0 Å². The largest absolute Gasteiger partial charge is 0.416 e. The van der Waals surface area contributed by atoms with Crippen LogP contribution in [0.1, 0.15) is 11.1 Å². The van der Waals surface area contributed by atoms with Crippen LogP contribution in [-0.4, -0.2) is 6.21 Å². The van der Waals surface area contributed by atoms with Crippen molar-refractivity contribution in [2.75, 3.05) is 5.43 Å². The van der Waals surface area contributed by atoms with Crippen LogP contribution in [-0.2, 0) is 6.18 Å². The summed E-state index contributed by atoms with van der Waals surface area (Å²) in [4.78, 5) is 0. The lowest BCUT2D eigenvalue weighted by atomic mass is 10.2. The highest BCUT2D eigenvalue weighted by Crippen LogP contribution is 2.33. The topological polar surface area (TPSA) is 24.4 Å². The molecule has 0 saturated carbocycles. The molecule has 0 heterocycles. The van der Waals surface area contributed by atoms with Crippen LogP contribution >= 0.6 is 11.6 Å². The molecule has 2 aromatic rings. The lowest BCUT2D eigenvalue weighted by Crippen LogP contribution is -2.05. The molecule has 0 aliphatic heterocycles. The van der Waals surface area contributed by atoms with E-state index in [1.165, 1.54) is 12.3 Å². The zero-order chi connectivity index (χ0) is 14.6. The molecular weight excluding hydrogens is 289 g/mol. The molecule has 20 heavy (non-hydrogen) atoms. The fourth-order valence-electron chi connectivity index (χ4n) is 1.50. The molecule has 0 amide bonds. The van der Waals surface area contributed by atoms with E-state index in [-0.39, 0.29) is 10.7 Å². The van der Waals surface area contributed by atoms with Crippen molar-refractivity contribution in [1.82, 2.24) is 0 Å². The minimum atomic E-state index is -4.41. The Morgan fingerprint density at radius 1 is 1.05 bits per heavy atom. The van der Waals surface area contributed by atoms with Crippen LogP contribution < -0.4 is 5.43 Å². The Kier molecular flexibility index (Phi) is 4.29. The summed E-state index contributed by atoms with van der Waals surface area (Å²) in [6.07, 6.45) is -2.92. The Morgan fingerprint density at radius 2 is 1.75 bits per heavy atom. The molecule has 2 nitrogen and oxygen atoms in total. The maximum atomic E-state index is 12.6. The SMILES string of the molecule is FC(F)(F)c1ccc(Cl)c(NN=Cc2ccccc2)c1. The maximum absolute atomic E-state index is 12.6. The van der Waals surface area contributed by atoms with Gasteiger partial charge in [-0.25, -0.2) is 0 Å². The fraction of sp³-hybridized carbons (Fsp3) is 0.0714. The molecular formula is C14H10ClF3N2. The lowest BCUT2D eigenvalue weighted by Gasteiger charge is -2.09. The van der Waals surface area contributed by atoms with Crippen LogP contribution in [0.25, 0.3) is 0 Å². The van der Waals surface area contributed by atoms with E-state index in [1.807, 2.05) is 30.3 Å². The zero-order valence-electron chi connectivity index (χ0n) is 10.2.